The third kappa shape index (κ3) is 3.88. The lowest BCUT2D eigenvalue weighted by Crippen LogP contribution is -2.51. The second-order valence-electron chi connectivity index (χ2n) is 7.72. The van der Waals surface area contributed by atoms with Crippen molar-refractivity contribution < 1.29 is 9.59 Å². The van der Waals surface area contributed by atoms with Gasteiger partial charge in [0.25, 0.3) is 0 Å². The Morgan fingerprint density at radius 2 is 1.89 bits per heavy atom. The number of carbonyl (C=O) groups is 2. The highest BCUT2D eigenvalue weighted by Crippen LogP contribution is 2.36. The van der Waals surface area contributed by atoms with E-state index in [0.717, 1.165) is 32.4 Å². The Balaban J connectivity index is 1.47. The Labute approximate surface area is 166 Å². The van der Waals surface area contributed by atoms with Crippen LogP contribution < -0.4 is 10.2 Å². The molecule has 0 radical (unpaired) electrons. The number of hydrogen-bond donors (Lipinski definition) is 1. The summed E-state index contributed by atoms with van der Waals surface area (Å²) in [6, 6.07) is 16.9. The van der Waals surface area contributed by atoms with Crippen molar-refractivity contribution in [3.8, 4) is 11.1 Å². The van der Waals surface area contributed by atoms with Crippen LogP contribution in [0.1, 0.15) is 25.3 Å². The number of hydrogen-bond acceptors (Lipinski definition) is 3. The predicted octanol–water partition coefficient (Wildman–Crippen LogP) is 2.84. The van der Waals surface area contributed by atoms with Gasteiger partial charge in [-0.3, -0.25) is 9.59 Å². The first-order valence-electron chi connectivity index (χ1n) is 10.1. The minimum Gasteiger partial charge on any atom is -0.362 e. The Morgan fingerprint density at radius 3 is 2.68 bits per heavy atom. The largest absolute Gasteiger partial charge is 0.362 e. The van der Waals surface area contributed by atoms with Gasteiger partial charge in [-0.25, -0.2) is 0 Å². The van der Waals surface area contributed by atoms with Crippen molar-refractivity contribution in [2.45, 2.75) is 32.2 Å². The molecular formula is C23H27N3O2. The molecule has 2 aliphatic rings. The SMILES string of the molecule is CC(=O)NC1CCCN(C(=O)CN2CCc3c(-c4ccccc4)cccc32)C1. The molecule has 5 nitrogen and oxygen atoms in total. The summed E-state index contributed by atoms with van der Waals surface area (Å²) in [5.41, 5.74) is 4.99. The van der Waals surface area contributed by atoms with Crippen molar-refractivity contribution in [1.29, 1.82) is 0 Å². The Kier molecular flexibility index (Phi) is 5.33. The van der Waals surface area contributed by atoms with E-state index in [0.29, 0.717) is 13.1 Å². The van der Waals surface area contributed by atoms with Gasteiger partial charge in [-0.1, -0.05) is 42.5 Å². The molecule has 1 N–H and O–H groups in total. The van der Waals surface area contributed by atoms with Crippen molar-refractivity contribution in [2.75, 3.05) is 31.1 Å². The van der Waals surface area contributed by atoms with E-state index < -0.39 is 0 Å². The molecule has 0 aromatic heterocycles. The van der Waals surface area contributed by atoms with E-state index in [4.69, 9.17) is 0 Å². The van der Waals surface area contributed by atoms with Crippen LogP contribution in [0.15, 0.2) is 48.5 Å². The highest BCUT2D eigenvalue weighted by molar-refractivity contribution is 5.84. The molecule has 0 bridgehead atoms. The number of nitrogens with one attached hydrogen (secondary N) is 1. The van der Waals surface area contributed by atoms with Crippen LogP contribution in [0.2, 0.25) is 0 Å². The van der Waals surface area contributed by atoms with Gasteiger partial charge in [-0.05, 0) is 42.0 Å². The number of benzene rings is 2. The molecule has 0 spiro atoms. The first kappa shape index (κ1) is 18.5. The fraction of sp³-hybridized carbons (Fsp3) is 0.391. The first-order chi connectivity index (χ1) is 13.6. The molecule has 0 saturated carbocycles. The highest BCUT2D eigenvalue weighted by Gasteiger charge is 2.28. The van der Waals surface area contributed by atoms with Gasteiger partial charge in [0, 0.05) is 38.3 Å². The van der Waals surface area contributed by atoms with Gasteiger partial charge >= 0.3 is 0 Å². The van der Waals surface area contributed by atoms with Gasteiger partial charge in [0.15, 0.2) is 0 Å². The van der Waals surface area contributed by atoms with Crippen molar-refractivity contribution in [3.05, 3.63) is 54.1 Å². The topological polar surface area (TPSA) is 52.7 Å². The average molecular weight is 377 g/mol. The van der Waals surface area contributed by atoms with Crippen LogP contribution >= 0.6 is 0 Å². The summed E-state index contributed by atoms with van der Waals surface area (Å²) in [6.07, 6.45) is 2.84. The number of carbonyl (C=O) groups excluding carboxylic acids is 2. The van der Waals surface area contributed by atoms with Crippen LogP contribution in [-0.2, 0) is 16.0 Å². The van der Waals surface area contributed by atoms with Crippen LogP contribution in [0.3, 0.4) is 0 Å². The van der Waals surface area contributed by atoms with Gasteiger partial charge in [-0.2, -0.15) is 0 Å². The summed E-state index contributed by atoms with van der Waals surface area (Å²) >= 11 is 0. The van der Waals surface area contributed by atoms with E-state index >= 15 is 0 Å². The van der Waals surface area contributed by atoms with Crippen molar-refractivity contribution in [1.82, 2.24) is 10.2 Å². The molecule has 2 aromatic carbocycles. The summed E-state index contributed by atoms with van der Waals surface area (Å²) in [5.74, 6) is 0.120. The third-order valence-corrected chi connectivity index (χ3v) is 5.72. The predicted molar refractivity (Wildman–Crippen MR) is 111 cm³/mol. The quantitative estimate of drug-likeness (QED) is 0.891. The van der Waals surface area contributed by atoms with Crippen LogP contribution in [0.5, 0.6) is 0 Å². The Morgan fingerprint density at radius 1 is 1.07 bits per heavy atom. The molecule has 1 atom stereocenters. The van der Waals surface area contributed by atoms with Crippen molar-refractivity contribution in [2.24, 2.45) is 0 Å². The summed E-state index contributed by atoms with van der Waals surface area (Å²) in [6.45, 7) is 4.20. The van der Waals surface area contributed by atoms with Gasteiger partial charge in [0.05, 0.1) is 6.54 Å². The average Bonchev–Trinajstić information content (AvgIpc) is 3.11. The van der Waals surface area contributed by atoms with E-state index in [-0.39, 0.29) is 17.9 Å². The molecule has 1 unspecified atom stereocenters. The lowest BCUT2D eigenvalue weighted by molar-refractivity contribution is -0.132. The third-order valence-electron chi connectivity index (χ3n) is 5.72. The number of likely N-dealkylation sites (tertiary alicyclic amines) is 1. The molecule has 4 rings (SSSR count). The van der Waals surface area contributed by atoms with E-state index in [1.54, 1.807) is 0 Å². The smallest absolute Gasteiger partial charge is 0.242 e. The van der Waals surface area contributed by atoms with Crippen LogP contribution in [0.4, 0.5) is 5.69 Å². The van der Waals surface area contributed by atoms with E-state index in [1.165, 1.54) is 29.3 Å². The molecule has 2 amide bonds. The van der Waals surface area contributed by atoms with E-state index in [9.17, 15) is 9.59 Å². The maximum atomic E-state index is 12.9. The van der Waals surface area contributed by atoms with Crippen molar-refractivity contribution in [3.63, 3.8) is 0 Å². The Hall–Kier alpha value is -2.82. The lowest BCUT2D eigenvalue weighted by Gasteiger charge is -2.34. The van der Waals surface area contributed by atoms with Gasteiger partial charge in [0.2, 0.25) is 11.8 Å². The molecule has 1 saturated heterocycles. The monoisotopic (exact) mass is 377 g/mol. The summed E-state index contributed by atoms with van der Waals surface area (Å²) in [5, 5.41) is 2.96. The van der Waals surface area contributed by atoms with E-state index in [1.807, 2.05) is 11.0 Å². The normalized spacial score (nSPS) is 18.7. The molecular weight excluding hydrogens is 350 g/mol. The molecule has 0 aliphatic carbocycles. The Bertz CT molecular complexity index is 865. The molecule has 28 heavy (non-hydrogen) atoms. The molecule has 2 heterocycles. The van der Waals surface area contributed by atoms with Gasteiger partial charge < -0.3 is 15.1 Å². The first-order valence-corrected chi connectivity index (χ1v) is 10.1. The number of rotatable bonds is 4. The highest BCUT2D eigenvalue weighted by atomic mass is 16.2. The minimum atomic E-state index is -0.0267. The number of fused-ring (bicyclic) bond motifs is 1. The maximum absolute atomic E-state index is 12.9. The fourth-order valence-corrected chi connectivity index (χ4v) is 4.43. The van der Waals surface area contributed by atoms with Crippen LogP contribution in [0.25, 0.3) is 11.1 Å². The standard InChI is InChI=1S/C23H27N3O2/c1-17(27)24-19-9-6-13-26(15-19)23(28)16-25-14-12-21-20(10-5-11-22(21)25)18-7-3-2-4-8-18/h2-5,7-8,10-11,19H,6,9,12-16H2,1H3,(H,24,27). The summed E-state index contributed by atoms with van der Waals surface area (Å²) in [7, 11) is 0. The van der Waals surface area contributed by atoms with Crippen LogP contribution in [0, 0.1) is 0 Å². The zero-order valence-corrected chi connectivity index (χ0v) is 16.4. The second-order valence-corrected chi connectivity index (χ2v) is 7.72. The van der Waals surface area contributed by atoms with Crippen LogP contribution in [-0.4, -0.2) is 48.9 Å². The fourth-order valence-electron chi connectivity index (χ4n) is 4.43. The number of amides is 2. The summed E-state index contributed by atoms with van der Waals surface area (Å²) < 4.78 is 0. The van der Waals surface area contributed by atoms with Crippen molar-refractivity contribution >= 4 is 17.5 Å². The lowest BCUT2D eigenvalue weighted by atomic mass is 9.98. The molecule has 5 heteroatoms. The summed E-state index contributed by atoms with van der Waals surface area (Å²) in [4.78, 5) is 28.4. The minimum absolute atomic E-state index is 0.0267. The maximum Gasteiger partial charge on any atom is 0.242 e. The zero-order chi connectivity index (χ0) is 19.5. The molecule has 2 aliphatic heterocycles. The number of nitrogens with zero attached hydrogens (tertiary/aromatic N) is 2. The van der Waals surface area contributed by atoms with Gasteiger partial charge in [0.1, 0.15) is 0 Å². The zero-order valence-electron chi connectivity index (χ0n) is 16.4. The molecule has 2 aromatic rings. The number of piperidine rings is 1. The van der Waals surface area contributed by atoms with Gasteiger partial charge in [-0.15, -0.1) is 0 Å². The second kappa shape index (κ2) is 8.05. The van der Waals surface area contributed by atoms with E-state index in [2.05, 4.69) is 52.7 Å². The molecule has 146 valence electrons. The number of anilines is 1. The molecule has 1 fully saturated rings.